The van der Waals surface area contributed by atoms with E-state index in [0.717, 1.165) is 10.7 Å². The molecule has 0 aromatic heterocycles. The summed E-state index contributed by atoms with van der Waals surface area (Å²) in [4.78, 5) is 10.5. The zero-order chi connectivity index (χ0) is 13.5. The molecular formula is C13H12Cl2N2O. The maximum absolute atomic E-state index is 10.5. The molecule has 0 radical (unpaired) electrons. The molecular weight excluding hydrogens is 271 g/mol. The zero-order valence-electron chi connectivity index (χ0n) is 9.44. The Hall–Kier alpha value is -1.71. The lowest BCUT2D eigenvalue weighted by atomic mass is 10.2. The van der Waals surface area contributed by atoms with E-state index >= 15 is 0 Å². The Kier molecular flexibility index (Phi) is 5.49. The number of nitrogen functional groups attached to an aromatic ring is 1. The molecule has 5 heteroatoms. The van der Waals surface area contributed by atoms with E-state index in [4.69, 9.17) is 34.7 Å². The van der Waals surface area contributed by atoms with Crippen LogP contribution >= 0.6 is 23.2 Å². The molecule has 0 aliphatic rings. The van der Waals surface area contributed by atoms with Gasteiger partial charge in [0.15, 0.2) is 0 Å². The molecule has 0 saturated heterocycles. The Bertz CT molecular complexity index is 489. The molecule has 0 saturated carbocycles. The lowest BCUT2D eigenvalue weighted by molar-refractivity contribution is 0.100. The van der Waals surface area contributed by atoms with Gasteiger partial charge in [-0.05, 0) is 48.5 Å². The van der Waals surface area contributed by atoms with E-state index in [1.54, 1.807) is 48.5 Å². The van der Waals surface area contributed by atoms with Crippen LogP contribution in [0.25, 0.3) is 0 Å². The van der Waals surface area contributed by atoms with E-state index in [2.05, 4.69) is 0 Å². The number of carbonyl (C=O) groups is 1. The molecule has 2 aromatic carbocycles. The van der Waals surface area contributed by atoms with Crippen molar-refractivity contribution in [2.75, 3.05) is 5.73 Å². The fraction of sp³-hybridized carbons (Fsp3) is 0. The first-order valence-corrected chi connectivity index (χ1v) is 5.81. The molecule has 2 rings (SSSR count). The van der Waals surface area contributed by atoms with E-state index in [0.29, 0.717) is 10.6 Å². The van der Waals surface area contributed by atoms with Crippen LogP contribution in [0.4, 0.5) is 5.69 Å². The summed E-state index contributed by atoms with van der Waals surface area (Å²) in [6.07, 6.45) is 0. The van der Waals surface area contributed by atoms with Crippen molar-refractivity contribution >= 4 is 34.8 Å². The van der Waals surface area contributed by atoms with Gasteiger partial charge in [0.1, 0.15) is 0 Å². The highest BCUT2D eigenvalue weighted by Gasteiger charge is 1.96. The van der Waals surface area contributed by atoms with E-state index < -0.39 is 5.91 Å². The smallest absolute Gasteiger partial charge is 0.248 e. The van der Waals surface area contributed by atoms with Gasteiger partial charge in [-0.3, -0.25) is 4.79 Å². The fourth-order valence-electron chi connectivity index (χ4n) is 1.08. The summed E-state index contributed by atoms with van der Waals surface area (Å²) in [6, 6.07) is 13.5. The number of hydrogen-bond acceptors (Lipinski definition) is 2. The van der Waals surface area contributed by atoms with Crippen LogP contribution in [0.1, 0.15) is 10.4 Å². The summed E-state index contributed by atoms with van der Waals surface area (Å²) in [5.41, 5.74) is 11.6. The number of benzene rings is 2. The Morgan fingerprint density at radius 2 is 1.22 bits per heavy atom. The number of rotatable bonds is 1. The first kappa shape index (κ1) is 14.4. The van der Waals surface area contributed by atoms with Gasteiger partial charge in [0, 0.05) is 21.3 Å². The summed E-state index contributed by atoms with van der Waals surface area (Å²) in [5, 5.41) is 1.32. The standard InChI is InChI=1S/C7H6ClNO.C6H6ClN/c8-6-3-1-5(2-4-6)7(9)10;7-5-1-3-6(8)4-2-5/h1-4H,(H2,9,10);1-4H,8H2. The second-order valence-corrected chi connectivity index (χ2v) is 4.30. The van der Waals surface area contributed by atoms with Crippen LogP contribution in [0.3, 0.4) is 0 Å². The molecule has 2 aromatic rings. The lowest BCUT2D eigenvalue weighted by Crippen LogP contribution is -2.10. The number of anilines is 1. The van der Waals surface area contributed by atoms with Gasteiger partial charge in [-0.15, -0.1) is 0 Å². The van der Waals surface area contributed by atoms with E-state index in [1.807, 2.05) is 0 Å². The number of halogens is 2. The van der Waals surface area contributed by atoms with Crippen molar-refractivity contribution in [3.05, 3.63) is 64.1 Å². The number of hydrogen-bond donors (Lipinski definition) is 2. The van der Waals surface area contributed by atoms with Crippen LogP contribution in [0.15, 0.2) is 48.5 Å². The van der Waals surface area contributed by atoms with Crippen molar-refractivity contribution in [3.8, 4) is 0 Å². The molecule has 94 valence electrons. The summed E-state index contributed by atoms with van der Waals surface area (Å²) in [6.45, 7) is 0. The molecule has 0 aliphatic heterocycles. The molecule has 0 aliphatic carbocycles. The normalized spacial score (nSPS) is 9.22. The van der Waals surface area contributed by atoms with Crippen molar-refractivity contribution in [1.29, 1.82) is 0 Å². The maximum Gasteiger partial charge on any atom is 0.248 e. The van der Waals surface area contributed by atoms with Crippen molar-refractivity contribution in [3.63, 3.8) is 0 Å². The summed E-state index contributed by atoms with van der Waals surface area (Å²) < 4.78 is 0. The lowest BCUT2D eigenvalue weighted by Gasteiger charge is -1.92. The Morgan fingerprint density at radius 1 is 0.833 bits per heavy atom. The largest absolute Gasteiger partial charge is 0.399 e. The number of primary amides is 1. The SMILES string of the molecule is NC(=O)c1ccc(Cl)cc1.Nc1ccc(Cl)cc1. The first-order chi connectivity index (χ1) is 8.49. The minimum absolute atomic E-state index is 0.434. The fourth-order valence-corrected chi connectivity index (χ4v) is 1.33. The predicted octanol–water partition coefficient (Wildman–Crippen LogP) is 3.36. The molecule has 1 amide bonds. The van der Waals surface area contributed by atoms with Crippen LogP contribution < -0.4 is 11.5 Å². The Labute approximate surface area is 115 Å². The average molecular weight is 283 g/mol. The molecule has 0 atom stereocenters. The van der Waals surface area contributed by atoms with Gasteiger partial charge in [0.2, 0.25) is 5.91 Å². The highest BCUT2D eigenvalue weighted by molar-refractivity contribution is 6.30. The second-order valence-electron chi connectivity index (χ2n) is 3.42. The van der Waals surface area contributed by atoms with Crippen LogP contribution in [0.2, 0.25) is 10.0 Å². The highest BCUT2D eigenvalue weighted by Crippen LogP contribution is 2.09. The first-order valence-electron chi connectivity index (χ1n) is 5.05. The average Bonchev–Trinajstić information content (AvgIpc) is 2.34. The highest BCUT2D eigenvalue weighted by atomic mass is 35.5. The molecule has 4 N–H and O–H groups in total. The van der Waals surface area contributed by atoms with Crippen LogP contribution in [0.5, 0.6) is 0 Å². The second kappa shape index (κ2) is 6.89. The Balaban J connectivity index is 0.000000184. The monoisotopic (exact) mass is 282 g/mol. The van der Waals surface area contributed by atoms with Crippen LogP contribution in [0, 0.1) is 0 Å². The number of amides is 1. The third-order valence-corrected chi connectivity index (χ3v) is 2.50. The predicted molar refractivity (Wildman–Crippen MR) is 75.8 cm³/mol. The van der Waals surface area contributed by atoms with Gasteiger partial charge in [-0.1, -0.05) is 23.2 Å². The summed E-state index contributed by atoms with van der Waals surface area (Å²) in [5.74, 6) is -0.434. The van der Waals surface area contributed by atoms with Crippen molar-refractivity contribution in [2.24, 2.45) is 5.73 Å². The molecule has 0 unspecified atom stereocenters. The molecule has 0 bridgehead atoms. The minimum Gasteiger partial charge on any atom is -0.399 e. The molecule has 3 nitrogen and oxygen atoms in total. The van der Waals surface area contributed by atoms with Gasteiger partial charge in [-0.25, -0.2) is 0 Å². The van der Waals surface area contributed by atoms with Gasteiger partial charge in [-0.2, -0.15) is 0 Å². The summed E-state index contributed by atoms with van der Waals surface area (Å²) in [7, 11) is 0. The van der Waals surface area contributed by atoms with Crippen LogP contribution in [-0.4, -0.2) is 5.91 Å². The van der Waals surface area contributed by atoms with Gasteiger partial charge in [0.25, 0.3) is 0 Å². The van der Waals surface area contributed by atoms with Crippen molar-refractivity contribution < 1.29 is 4.79 Å². The summed E-state index contributed by atoms with van der Waals surface area (Å²) >= 11 is 11.1. The quantitative estimate of drug-likeness (QED) is 0.788. The minimum atomic E-state index is -0.434. The van der Waals surface area contributed by atoms with E-state index in [9.17, 15) is 4.79 Å². The molecule has 0 heterocycles. The molecule has 18 heavy (non-hydrogen) atoms. The Morgan fingerprint density at radius 3 is 1.56 bits per heavy atom. The van der Waals surface area contributed by atoms with E-state index in [1.165, 1.54) is 0 Å². The van der Waals surface area contributed by atoms with E-state index in [-0.39, 0.29) is 0 Å². The van der Waals surface area contributed by atoms with Crippen molar-refractivity contribution in [1.82, 2.24) is 0 Å². The zero-order valence-corrected chi connectivity index (χ0v) is 10.9. The van der Waals surface area contributed by atoms with Gasteiger partial charge in [0.05, 0.1) is 0 Å². The van der Waals surface area contributed by atoms with Crippen LogP contribution in [-0.2, 0) is 0 Å². The topological polar surface area (TPSA) is 69.1 Å². The third-order valence-electron chi connectivity index (χ3n) is 2.00. The number of carbonyl (C=O) groups excluding carboxylic acids is 1. The van der Waals surface area contributed by atoms with Crippen molar-refractivity contribution in [2.45, 2.75) is 0 Å². The molecule has 0 fully saturated rings. The molecule has 0 spiro atoms. The third kappa shape index (κ3) is 5.08. The number of nitrogens with two attached hydrogens (primary N) is 2. The van der Waals surface area contributed by atoms with Gasteiger partial charge < -0.3 is 11.5 Å². The van der Waals surface area contributed by atoms with Gasteiger partial charge >= 0.3 is 0 Å². The maximum atomic E-state index is 10.5.